The molecule has 0 spiro atoms. The molecule has 152 valence electrons. The van der Waals surface area contributed by atoms with E-state index in [1.807, 2.05) is 49.4 Å². The molecule has 1 heterocycles. The average molecular weight is 395 g/mol. The fourth-order valence-electron chi connectivity index (χ4n) is 2.83. The molecule has 29 heavy (non-hydrogen) atoms. The zero-order chi connectivity index (χ0) is 20.6. The third-order valence-corrected chi connectivity index (χ3v) is 4.28. The first-order valence-electron chi connectivity index (χ1n) is 9.71. The summed E-state index contributed by atoms with van der Waals surface area (Å²) in [6.45, 7) is 5.14. The van der Waals surface area contributed by atoms with Crippen LogP contribution in [-0.4, -0.2) is 32.2 Å². The molecule has 0 saturated heterocycles. The van der Waals surface area contributed by atoms with Crippen LogP contribution in [-0.2, 0) is 9.53 Å². The molecule has 3 rings (SSSR count). The third-order valence-electron chi connectivity index (χ3n) is 4.28. The number of carbonyl (C=O) groups is 1. The normalized spacial score (nSPS) is 14.5. The minimum absolute atomic E-state index is 0.216. The Labute approximate surface area is 170 Å². The highest BCUT2D eigenvalue weighted by Crippen LogP contribution is 2.30. The highest BCUT2D eigenvalue weighted by atomic mass is 16.6. The predicted molar refractivity (Wildman–Crippen MR) is 112 cm³/mol. The van der Waals surface area contributed by atoms with E-state index in [-0.39, 0.29) is 11.6 Å². The maximum absolute atomic E-state index is 12.3. The van der Waals surface area contributed by atoms with Crippen LogP contribution in [0.1, 0.15) is 37.8 Å². The van der Waals surface area contributed by atoms with Gasteiger partial charge in [0.2, 0.25) is 5.90 Å². The molecule has 1 aliphatic rings. The third kappa shape index (κ3) is 4.96. The van der Waals surface area contributed by atoms with Crippen molar-refractivity contribution in [1.82, 2.24) is 0 Å². The topological polar surface area (TPSA) is 66.3 Å². The number of nitrogens with zero attached hydrogens (tertiary/aromatic N) is 1. The highest BCUT2D eigenvalue weighted by Gasteiger charge is 2.26. The predicted octanol–water partition coefficient (Wildman–Crippen LogP) is 4.62. The monoisotopic (exact) mass is 395 g/mol. The highest BCUT2D eigenvalue weighted by molar-refractivity contribution is 6.13. The van der Waals surface area contributed by atoms with Crippen molar-refractivity contribution in [2.75, 3.05) is 20.3 Å². The molecule has 0 amide bonds. The van der Waals surface area contributed by atoms with E-state index in [2.05, 4.69) is 11.9 Å². The molecule has 2 aromatic rings. The van der Waals surface area contributed by atoms with Gasteiger partial charge in [-0.15, -0.1) is 0 Å². The first-order valence-corrected chi connectivity index (χ1v) is 9.71. The quantitative estimate of drug-likeness (QED) is 0.352. The minimum Gasteiger partial charge on any atom is -0.493 e. The molecule has 2 aromatic carbocycles. The molecule has 0 N–H and O–H groups in total. The lowest BCUT2D eigenvalue weighted by Gasteiger charge is -2.10. The van der Waals surface area contributed by atoms with Crippen LogP contribution >= 0.6 is 0 Å². The zero-order valence-corrected chi connectivity index (χ0v) is 16.9. The molecule has 0 saturated carbocycles. The van der Waals surface area contributed by atoms with Crippen molar-refractivity contribution in [2.45, 2.75) is 26.7 Å². The van der Waals surface area contributed by atoms with Gasteiger partial charge in [0.1, 0.15) is 5.75 Å². The number of hydrogen-bond acceptors (Lipinski definition) is 6. The Morgan fingerprint density at radius 3 is 2.62 bits per heavy atom. The van der Waals surface area contributed by atoms with Gasteiger partial charge < -0.3 is 18.9 Å². The molecule has 0 radical (unpaired) electrons. The van der Waals surface area contributed by atoms with Gasteiger partial charge in [-0.25, -0.2) is 9.79 Å². The number of methoxy groups -OCH3 is 1. The first kappa shape index (κ1) is 20.5. The fraction of sp³-hybridized carbons (Fsp3) is 0.304. The molecular weight excluding hydrogens is 370 g/mol. The molecular formula is C23H25NO5. The Bertz CT molecular complexity index is 933. The number of hydrogen-bond donors (Lipinski definition) is 0. The number of rotatable bonds is 9. The molecule has 6 heteroatoms. The number of ether oxygens (including phenoxy) is 4. The van der Waals surface area contributed by atoms with Crippen molar-refractivity contribution in [3.05, 3.63) is 59.3 Å². The standard InChI is InChI=1S/C23H25NO5/c1-4-6-13-28-20-12-11-16(15-21(20)26-3)14-18-23(25)29-22(24-18)17-9-7-8-10-19(17)27-5-2/h7-12,14-15H,4-6,13H2,1-3H3/b18-14-. The number of para-hydroxylation sites is 1. The van der Waals surface area contributed by atoms with Gasteiger partial charge >= 0.3 is 5.97 Å². The second-order valence-corrected chi connectivity index (χ2v) is 6.38. The number of cyclic esters (lactones) is 1. The van der Waals surface area contributed by atoms with Crippen molar-refractivity contribution in [2.24, 2.45) is 4.99 Å². The molecule has 6 nitrogen and oxygen atoms in total. The summed E-state index contributed by atoms with van der Waals surface area (Å²) >= 11 is 0. The van der Waals surface area contributed by atoms with Crippen LogP contribution < -0.4 is 14.2 Å². The Hall–Kier alpha value is -3.28. The number of benzene rings is 2. The second-order valence-electron chi connectivity index (χ2n) is 6.38. The van der Waals surface area contributed by atoms with Crippen LogP contribution in [0.15, 0.2) is 53.2 Å². The van der Waals surface area contributed by atoms with Crippen molar-refractivity contribution in [3.8, 4) is 17.2 Å². The second kappa shape index (κ2) is 9.78. The summed E-state index contributed by atoms with van der Waals surface area (Å²) in [6, 6.07) is 12.8. The van der Waals surface area contributed by atoms with E-state index >= 15 is 0 Å². The molecule has 0 atom stereocenters. The summed E-state index contributed by atoms with van der Waals surface area (Å²) in [4.78, 5) is 16.7. The summed E-state index contributed by atoms with van der Waals surface area (Å²) in [6.07, 6.45) is 3.69. The van der Waals surface area contributed by atoms with E-state index in [4.69, 9.17) is 18.9 Å². The molecule has 0 unspecified atom stereocenters. The van der Waals surface area contributed by atoms with Gasteiger partial charge in [-0.05, 0) is 49.2 Å². The minimum atomic E-state index is -0.506. The van der Waals surface area contributed by atoms with Gasteiger partial charge in [-0.3, -0.25) is 0 Å². The number of esters is 1. The van der Waals surface area contributed by atoms with Gasteiger partial charge in [0.15, 0.2) is 17.2 Å². The number of unbranched alkanes of at least 4 members (excludes halogenated alkanes) is 1. The summed E-state index contributed by atoms with van der Waals surface area (Å²) in [5, 5.41) is 0. The summed E-state index contributed by atoms with van der Waals surface area (Å²) < 4.78 is 22.1. The molecule has 0 fully saturated rings. The maximum Gasteiger partial charge on any atom is 0.363 e. The van der Waals surface area contributed by atoms with Crippen LogP contribution in [0.5, 0.6) is 17.2 Å². The van der Waals surface area contributed by atoms with Crippen molar-refractivity contribution in [1.29, 1.82) is 0 Å². The van der Waals surface area contributed by atoms with Crippen LogP contribution in [0.3, 0.4) is 0 Å². The van der Waals surface area contributed by atoms with Crippen molar-refractivity contribution < 1.29 is 23.7 Å². The van der Waals surface area contributed by atoms with Gasteiger partial charge in [-0.1, -0.05) is 31.5 Å². The van der Waals surface area contributed by atoms with Crippen molar-refractivity contribution in [3.63, 3.8) is 0 Å². The Kier molecular flexibility index (Phi) is 6.89. The van der Waals surface area contributed by atoms with E-state index in [0.717, 1.165) is 18.4 Å². The van der Waals surface area contributed by atoms with Gasteiger partial charge in [0.05, 0.1) is 25.9 Å². The zero-order valence-electron chi connectivity index (χ0n) is 16.9. The largest absolute Gasteiger partial charge is 0.493 e. The van der Waals surface area contributed by atoms with Gasteiger partial charge in [0.25, 0.3) is 0 Å². The van der Waals surface area contributed by atoms with Crippen molar-refractivity contribution >= 4 is 17.9 Å². The number of aliphatic imine (C=N–C) groups is 1. The Morgan fingerprint density at radius 1 is 1.03 bits per heavy atom. The Balaban J connectivity index is 1.86. The number of carbonyl (C=O) groups excluding carboxylic acids is 1. The van der Waals surface area contributed by atoms with Gasteiger partial charge in [-0.2, -0.15) is 0 Å². The molecule has 1 aliphatic heterocycles. The smallest absolute Gasteiger partial charge is 0.363 e. The Morgan fingerprint density at radius 2 is 1.86 bits per heavy atom. The molecule has 0 bridgehead atoms. The van der Waals surface area contributed by atoms with E-state index < -0.39 is 5.97 Å². The maximum atomic E-state index is 12.3. The summed E-state index contributed by atoms with van der Waals surface area (Å²) in [7, 11) is 1.59. The lowest BCUT2D eigenvalue weighted by molar-refractivity contribution is -0.129. The fourth-order valence-corrected chi connectivity index (χ4v) is 2.83. The van der Waals surface area contributed by atoms with Crippen LogP contribution in [0.2, 0.25) is 0 Å². The van der Waals surface area contributed by atoms with Crippen LogP contribution in [0.25, 0.3) is 6.08 Å². The molecule has 0 aromatic heterocycles. The SMILES string of the molecule is CCCCOc1ccc(/C=C2\N=C(c3ccccc3OCC)OC2=O)cc1OC. The lowest BCUT2D eigenvalue weighted by atomic mass is 10.1. The van der Waals surface area contributed by atoms with Gasteiger partial charge in [0, 0.05) is 0 Å². The summed E-state index contributed by atoms with van der Waals surface area (Å²) in [5.41, 5.74) is 1.62. The van der Waals surface area contributed by atoms with Crippen LogP contribution in [0.4, 0.5) is 0 Å². The van der Waals surface area contributed by atoms with E-state index in [1.165, 1.54) is 0 Å². The molecule has 0 aliphatic carbocycles. The average Bonchev–Trinajstić information content (AvgIpc) is 3.09. The first-order chi connectivity index (χ1) is 14.2. The van der Waals surface area contributed by atoms with E-state index in [1.54, 1.807) is 13.2 Å². The van der Waals surface area contributed by atoms with E-state index in [9.17, 15) is 4.79 Å². The van der Waals surface area contributed by atoms with Crippen LogP contribution in [0, 0.1) is 0 Å². The lowest BCUT2D eigenvalue weighted by Crippen LogP contribution is -2.07. The summed E-state index contributed by atoms with van der Waals surface area (Å²) in [5.74, 6) is 1.63. The van der Waals surface area contributed by atoms with E-state index in [0.29, 0.717) is 36.0 Å².